The molecule has 28 heavy (non-hydrogen) atoms. The maximum atomic E-state index is 12.9. The molecule has 0 bridgehead atoms. The fourth-order valence-corrected chi connectivity index (χ4v) is 7.62. The number of hydrogen-bond acceptors (Lipinski definition) is 4. The van der Waals surface area contributed by atoms with Crippen molar-refractivity contribution in [2.45, 2.75) is 77.9 Å². The van der Waals surface area contributed by atoms with Crippen LogP contribution in [0.5, 0.6) is 0 Å². The van der Waals surface area contributed by atoms with Crippen molar-refractivity contribution >= 4 is 23.4 Å². The van der Waals surface area contributed by atoms with Crippen molar-refractivity contribution in [2.75, 3.05) is 0 Å². The number of carbonyl (C=O) groups is 2. The molecule has 0 radical (unpaired) electrons. The summed E-state index contributed by atoms with van der Waals surface area (Å²) in [6, 6.07) is 0. The number of halogens is 1. The molecule has 1 N–H and O–H groups in total. The second kappa shape index (κ2) is 6.43. The Morgan fingerprint density at radius 2 is 1.89 bits per heavy atom. The van der Waals surface area contributed by atoms with Crippen LogP contribution in [0.1, 0.15) is 70.3 Å². The summed E-state index contributed by atoms with van der Waals surface area (Å²) in [7, 11) is 0. The minimum Gasteiger partial charge on any atom is -0.451 e. The summed E-state index contributed by atoms with van der Waals surface area (Å²) >= 11 is 6.73. The van der Waals surface area contributed by atoms with Gasteiger partial charge in [0.1, 0.15) is 0 Å². The van der Waals surface area contributed by atoms with Crippen LogP contribution < -0.4 is 0 Å². The number of Topliss-reactive ketones (excluding diaryl/α,β-unsaturated/α-hetero) is 1. The van der Waals surface area contributed by atoms with Gasteiger partial charge in [0.05, 0.1) is 6.10 Å². The normalized spacial score (nSPS) is 49.2. The van der Waals surface area contributed by atoms with E-state index in [1.165, 1.54) is 6.92 Å². The van der Waals surface area contributed by atoms with Crippen LogP contribution in [0.4, 0.5) is 0 Å². The predicted molar refractivity (Wildman–Crippen MR) is 108 cm³/mol. The standard InChI is InChI=1S/C23H31ClO4/c1-13(25)23(28-14(2)26)10-7-18-16-12-20(24)19-11-15(27)5-8-21(19,3)17(16)6-9-22(18,23)4/h11-12,15-18,27H,5-10H2,1-4H3/t15-,16+,17-,18-,21+,22-,23-/m0/s1/i2D3. The second-order valence-corrected chi connectivity index (χ2v) is 10.1. The third kappa shape index (κ3) is 2.53. The molecular weight excluding hydrogens is 376 g/mol. The van der Waals surface area contributed by atoms with E-state index in [4.69, 9.17) is 20.5 Å². The molecule has 0 heterocycles. The van der Waals surface area contributed by atoms with Gasteiger partial charge in [0.2, 0.25) is 0 Å². The average molecular weight is 410 g/mol. The third-order valence-corrected chi connectivity index (χ3v) is 8.97. The fourth-order valence-electron chi connectivity index (χ4n) is 7.19. The number of hydrogen-bond donors (Lipinski definition) is 1. The first kappa shape index (κ1) is 16.6. The van der Waals surface area contributed by atoms with Gasteiger partial charge in [-0.1, -0.05) is 37.6 Å². The Kier molecular flexibility index (Phi) is 3.82. The Labute approximate surface area is 176 Å². The highest BCUT2D eigenvalue weighted by molar-refractivity contribution is 6.32. The van der Waals surface area contributed by atoms with E-state index in [0.29, 0.717) is 36.6 Å². The topological polar surface area (TPSA) is 63.6 Å². The maximum absolute atomic E-state index is 12.9. The minimum atomic E-state index is -2.90. The molecule has 0 unspecified atom stereocenters. The van der Waals surface area contributed by atoms with E-state index in [2.05, 4.69) is 13.0 Å². The van der Waals surface area contributed by atoms with Crippen LogP contribution in [-0.2, 0) is 14.3 Å². The number of allylic oxidation sites excluding steroid dienone is 3. The van der Waals surface area contributed by atoms with Gasteiger partial charge in [-0.3, -0.25) is 9.59 Å². The zero-order valence-corrected chi connectivity index (χ0v) is 17.5. The molecule has 4 nitrogen and oxygen atoms in total. The lowest BCUT2D eigenvalue weighted by Gasteiger charge is -2.58. The van der Waals surface area contributed by atoms with Gasteiger partial charge in [-0.05, 0) is 74.2 Å². The summed E-state index contributed by atoms with van der Waals surface area (Å²) in [5.74, 6) is -1.11. The van der Waals surface area contributed by atoms with Crippen molar-refractivity contribution in [2.24, 2.45) is 28.6 Å². The van der Waals surface area contributed by atoms with E-state index >= 15 is 0 Å². The van der Waals surface area contributed by atoms with Gasteiger partial charge in [0.15, 0.2) is 11.4 Å². The predicted octanol–water partition coefficient (Wildman–Crippen LogP) is 4.54. The molecule has 0 aromatic heterocycles. The lowest BCUT2D eigenvalue weighted by atomic mass is 9.48. The highest BCUT2D eigenvalue weighted by Gasteiger charge is 2.67. The largest absolute Gasteiger partial charge is 0.451 e. The lowest BCUT2D eigenvalue weighted by molar-refractivity contribution is -0.185. The van der Waals surface area contributed by atoms with Crippen LogP contribution in [0.15, 0.2) is 22.8 Å². The monoisotopic (exact) mass is 409 g/mol. The van der Waals surface area contributed by atoms with Gasteiger partial charge in [-0.25, -0.2) is 0 Å². The number of rotatable bonds is 2. The summed E-state index contributed by atoms with van der Waals surface area (Å²) in [6.07, 6.45) is 7.52. The van der Waals surface area contributed by atoms with Crippen molar-refractivity contribution in [3.63, 3.8) is 0 Å². The van der Waals surface area contributed by atoms with E-state index in [1.807, 2.05) is 13.0 Å². The van der Waals surface area contributed by atoms with E-state index < -0.39 is 29.9 Å². The SMILES string of the molecule is [2H]C([2H])([2H])C(=O)O[C@]1(C(C)=O)CC[C@H]2[C@@H]3C=C(Cl)C4=C[C@@H](O)CC[C@]4(C)[C@H]3CC[C@@]21C. The van der Waals surface area contributed by atoms with Crippen LogP contribution in [0, 0.1) is 28.6 Å². The van der Waals surface area contributed by atoms with Crippen LogP contribution in [0.25, 0.3) is 0 Å². The summed E-state index contributed by atoms with van der Waals surface area (Å²) < 4.78 is 27.9. The Morgan fingerprint density at radius 3 is 2.57 bits per heavy atom. The van der Waals surface area contributed by atoms with Crippen molar-refractivity contribution in [3.8, 4) is 0 Å². The first-order valence-electron chi connectivity index (χ1n) is 11.8. The lowest BCUT2D eigenvalue weighted by Crippen LogP contribution is -2.58. The van der Waals surface area contributed by atoms with Gasteiger partial charge in [-0.2, -0.15) is 0 Å². The smallest absolute Gasteiger partial charge is 0.303 e. The van der Waals surface area contributed by atoms with Gasteiger partial charge in [0.25, 0.3) is 0 Å². The van der Waals surface area contributed by atoms with Gasteiger partial charge in [-0.15, -0.1) is 0 Å². The van der Waals surface area contributed by atoms with Crippen molar-refractivity contribution in [3.05, 3.63) is 22.8 Å². The van der Waals surface area contributed by atoms with Gasteiger partial charge in [0, 0.05) is 21.4 Å². The number of esters is 1. The number of fused-ring (bicyclic) bond motifs is 5. The Balaban J connectivity index is 1.75. The number of aliphatic hydroxyl groups excluding tert-OH is 1. The molecule has 0 saturated heterocycles. The average Bonchev–Trinajstić information content (AvgIpc) is 2.96. The third-order valence-electron chi connectivity index (χ3n) is 8.64. The molecule has 0 amide bonds. The Hall–Kier alpha value is -1.13. The molecule has 2 saturated carbocycles. The number of aliphatic hydroxyl groups is 1. The number of ketones is 1. The fraction of sp³-hybridized carbons (Fsp3) is 0.739. The molecule has 7 atom stereocenters. The molecule has 0 aliphatic heterocycles. The highest BCUT2D eigenvalue weighted by atomic mass is 35.5. The maximum Gasteiger partial charge on any atom is 0.303 e. The molecule has 4 rings (SSSR count). The minimum absolute atomic E-state index is 0.0542. The van der Waals surface area contributed by atoms with E-state index in [0.717, 1.165) is 18.4 Å². The second-order valence-electron chi connectivity index (χ2n) is 9.68. The van der Waals surface area contributed by atoms with Gasteiger partial charge >= 0.3 is 5.97 Å². The van der Waals surface area contributed by atoms with E-state index in [1.54, 1.807) is 0 Å². The van der Waals surface area contributed by atoms with Crippen molar-refractivity contribution in [1.82, 2.24) is 0 Å². The molecule has 5 heteroatoms. The molecule has 0 aromatic carbocycles. The van der Waals surface area contributed by atoms with Gasteiger partial charge < -0.3 is 9.84 Å². The van der Waals surface area contributed by atoms with Crippen LogP contribution in [0.3, 0.4) is 0 Å². The van der Waals surface area contributed by atoms with Crippen LogP contribution in [-0.4, -0.2) is 28.6 Å². The first-order chi connectivity index (χ1) is 14.3. The molecule has 154 valence electrons. The quantitative estimate of drug-likeness (QED) is 0.680. The number of carbonyl (C=O) groups excluding carboxylic acids is 2. The Bertz CT molecular complexity index is 881. The van der Waals surface area contributed by atoms with Crippen molar-refractivity contribution in [1.29, 1.82) is 0 Å². The molecule has 0 aromatic rings. The molecule has 4 aliphatic carbocycles. The molecule has 4 aliphatic rings. The first-order valence-corrected chi connectivity index (χ1v) is 10.7. The van der Waals surface area contributed by atoms with E-state index in [9.17, 15) is 14.7 Å². The van der Waals surface area contributed by atoms with E-state index in [-0.39, 0.29) is 23.0 Å². The summed E-state index contributed by atoms with van der Waals surface area (Å²) in [6.45, 7) is 2.70. The Morgan fingerprint density at radius 1 is 1.18 bits per heavy atom. The summed E-state index contributed by atoms with van der Waals surface area (Å²) in [5, 5.41) is 10.8. The zero-order chi connectivity index (χ0) is 23.0. The molecule has 2 fully saturated rings. The van der Waals surface area contributed by atoms with Crippen LogP contribution >= 0.6 is 11.6 Å². The summed E-state index contributed by atoms with van der Waals surface area (Å²) in [5.41, 5.74) is -1.20. The number of ether oxygens (including phenoxy) is 1. The van der Waals surface area contributed by atoms with Crippen molar-refractivity contribution < 1.29 is 23.5 Å². The highest BCUT2D eigenvalue weighted by Crippen LogP contribution is 2.68. The molecule has 0 spiro atoms. The summed E-state index contributed by atoms with van der Waals surface area (Å²) in [4.78, 5) is 25.3. The molecular formula is C23H31ClO4. The zero-order valence-electron chi connectivity index (χ0n) is 19.8. The van der Waals surface area contributed by atoms with Crippen LogP contribution in [0.2, 0.25) is 0 Å².